The van der Waals surface area contributed by atoms with Crippen LogP contribution < -0.4 is 10.0 Å². The van der Waals surface area contributed by atoms with Crippen LogP contribution >= 0.6 is 0 Å². The molecule has 3 aromatic rings. The zero-order chi connectivity index (χ0) is 22.4. The number of nitrogens with zero attached hydrogens (tertiary/aromatic N) is 1. The van der Waals surface area contributed by atoms with E-state index in [1.807, 2.05) is 54.6 Å². The van der Waals surface area contributed by atoms with Gasteiger partial charge in [-0.2, -0.15) is 0 Å². The number of hydrogen-bond acceptors (Lipinski definition) is 4. The van der Waals surface area contributed by atoms with Crippen LogP contribution in [-0.4, -0.2) is 32.3 Å². The molecule has 4 rings (SSSR count). The predicted octanol–water partition coefficient (Wildman–Crippen LogP) is 4.01. The summed E-state index contributed by atoms with van der Waals surface area (Å²) in [7, 11) is -3.75. The highest BCUT2D eigenvalue weighted by Gasteiger charge is 2.18. The number of hydrogen-bond donors (Lipinski definition) is 2. The number of sulfonamides is 1. The number of para-hydroxylation sites is 1. The Bertz CT molecular complexity index is 1170. The predicted molar refractivity (Wildman–Crippen MR) is 126 cm³/mol. The van der Waals surface area contributed by atoms with Gasteiger partial charge in [-0.25, -0.2) is 13.1 Å². The Labute approximate surface area is 189 Å². The van der Waals surface area contributed by atoms with Crippen molar-refractivity contribution in [1.29, 1.82) is 0 Å². The van der Waals surface area contributed by atoms with Gasteiger partial charge in [-0.15, -0.1) is 0 Å². The third-order valence-electron chi connectivity index (χ3n) is 5.57. The molecule has 7 heteroatoms. The van der Waals surface area contributed by atoms with Crippen molar-refractivity contribution in [2.24, 2.45) is 0 Å². The lowest BCUT2D eigenvalue weighted by Crippen LogP contribution is -2.24. The molecule has 1 aliphatic heterocycles. The smallest absolute Gasteiger partial charge is 0.255 e. The maximum Gasteiger partial charge on any atom is 0.255 e. The molecule has 1 heterocycles. The summed E-state index contributed by atoms with van der Waals surface area (Å²) in [6.07, 6.45) is 2.40. The van der Waals surface area contributed by atoms with E-state index in [9.17, 15) is 13.2 Å². The minimum Gasteiger partial charge on any atom is -0.322 e. The fourth-order valence-electron chi connectivity index (χ4n) is 3.82. The Hall–Kier alpha value is -3.00. The van der Waals surface area contributed by atoms with E-state index >= 15 is 0 Å². The molecule has 32 heavy (non-hydrogen) atoms. The molecule has 3 aromatic carbocycles. The fraction of sp³-hybridized carbons (Fsp3) is 0.240. The maximum atomic E-state index is 12.9. The number of benzene rings is 3. The molecule has 0 radical (unpaired) electrons. The zero-order valence-corrected chi connectivity index (χ0v) is 18.6. The summed E-state index contributed by atoms with van der Waals surface area (Å²) in [5, 5.41) is 2.96. The normalized spacial score (nSPS) is 14.4. The number of carbonyl (C=O) groups excluding carboxylic acids is 1. The SMILES string of the molecule is O=C(Nc1ccccc1CN1CCCC1)c1cccc(S(=O)(=O)NCc2ccccc2)c1. The van der Waals surface area contributed by atoms with E-state index in [0.717, 1.165) is 36.4 Å². The van der Waals surface area contributed by atoms with Gasteiger partial charge in [0.1, 0.15) is 0 Å². The molecule has 6 nitrogen and oxygen atoms in total. The van der Waals surface area contributed by atoms with Gasteiger partial charge >= 0.3 is 0 Å². The Morgan fingerprint density at radius 1 is 0.875 bits per heavy atom. The summed E-state index contributed by atoms with van der Waals surface area (Å²) < 4.78 is 28.1. The summed E-state index contributed by atoms with van der Waals surface area (Å²) in [6, 6.07) is 23.2. The molecule has 1 fully saturated rings. The minimum atomic E-state index is -3.75. The van der Waals surface area contributed by atoms with Crippen molar-refractivity contribution < 1.29 is 13.2 Å². The topological polar surface area (TPSA) is 78.5 Å². The van der Waals surface area contributed by atoms with Crippen LogP contribution in [0.4, 0.5) is 5.69 Å². The molecule has 166 valence electrons. The molecule has 1 aliphatic rings. The summed E-state index contributed by atoms with van der Waals surface area (Å²) >= 11 is 0. The maximum absolute atomic E-state index is 12.9. The summed E-state index contributed by atoms with van der Waals surface area (Å²) in [4.78, 5) is 15.4. The lowest BCUT2D eigenvalue weighted by atomic mass is 10.1. The van der Waals surface area contributed by atoms with E-state index in [4.69, 9.17) is 0 Å². The average Bonchev–Trinajstić information content (AvgIpc) is 3.33. The Morgan fingerprint density at radius 3 is 2.38 bits per heavy atom. The zero-order valence-electron chi connectivity index (χ0n) is 17.8. The van der Waals surface area contributed by atoms with Crippen LogP contribution in [-0.2, 0) is 23.1 Å². The first-order chi connectivity index (χ1) is 15.5. The number of carbonyl (C=O) groups is 1. The van der Waals surface area contributed by atoms with Gasteiger partial charge in [0.2, 0.25) is 10.0 Å². The second-order valence-electron chi connectivity index (χ2n) is 7.93. The molecule has 0 atom stereocenters. The first-order valence-corrected chi connectivity index (χ1v) is 12.2. The van der Waals surface area contributed by atoms with Crippen molar-refractivity contribution in [3.05, 3.63) is 95.6 Å². The van der Waals surface area contributed by atoms with Crippen LogP contribution in [0.25, 0.3) is 0 Å². The summed E-state index contributed by atoms with van der Waals surface area (Å²) in [6.45, 7) is 3.11. The van der Waals surface area contributed by atoms with E-state index in [-0.39, 0.29) is 17.3 Å². The molecule has 2 N–H and O–H groups in total. The van der Waals surface area contributed by atoms with Gasteiger partial charge < -0.3 is 5.32 Å². The van der Waals surface area contributed by atoms with Crippen molar-refractivity contribution in [3.8, 4) is 0 Å². The third-order valence-corrected chi connectivity index (χ3v) is 6.97. The highest BCUT2D eigenvalue weighted by molar-refractivity contribution is 7.89. The van der Waals surface area contributed by atoms with Gasteiger partial charge in [-0.1, -0.05) is 54.6 Å². The molecule has 1 amide bonds. The van der Waals surface area contributed by atoms with Crippen LogP contribution in [0, 0.1) is 0 Å². The van der Waals surface area contributed by atoms with Gasteiger partial charge in [0.05, 0.1) is 4.90 Å². The molecule has 0 aromatic heterocycles. The van der Waals surface area contributed by atoms with Crippen LogP contribution in [0.2, 0.25) is 0 Å². The molecule has 0 unspecified atom stereocenters. The summed E-state index contributed by atoms with van der Waals surface area (Å²) in [5.41, 5.74) is 2.96. The molecule has 0 aliphatic carbocycles. The number of anilines is 1. The number of nitrogens with one attached hydrogen (secondary N) is 2. The molecular formula is C25H27N3O3S. The first-order valence-electron chi connectivity index (χ1n) is 10.8. The standard InChI is InChI=1S/C25H27N3O3S/c29-25(27-24-14-5-4-11-22(24)19-28-15-6-7-16-28)21-12-8-13-23(17-21)32(30,31)26-18-20-9-2-1-3-10-20/h1-5,8-14,17,26H,6-7,15-16,18-19H2,(H,27,29). The Balaban J connectivity index is 1.47. The van der Waals surface area contributed by atoms with Crippen molar-refractivity contribution in [1.82, 2.24) is 9.62 Å². The lowest BCUT2D eigenvalue weighted by Gasteiger charge is -2.18. The third kappa shape index (κ3) is 5.62. The Kier molecular flexibility index (Phi) is 6.99. The second-order valence-corrected chi connectivity index (χ2v) is 9.70. The van der Waals surface area contributed by atoms with E-state index in [1.54, 1.807) is 12.1 Å². The van der Waals surface area contributed by atoms with Gasteiger partial charge in [0.15, 0.2) is 0 Å². The summed E-state index contributed by atoms with van der Waals surface area (Å²) in [5.74, 6) is -0.334. The van der Waals surface area contributed by atoms with Crippen molar-refractivity contribution in [2.45, 2.75) is 30.8 Å². The largest absolute Gasteiger partial charge is 0.322 e. The van der Waals surface area contributed by atoms with Gasteiger partial charge in [-0.3, -0.25) is 9.69 Å². The lowest BCUT2D eigenvalue weighted by molar-refractivity contribution is 0.102. The van der Waals surface area contributed by atoms with E-state index in [0.29, 0.717) is 5.56 Å². The van der Waals surface area contributed by atoms with Gasteiger partial charge in [-0.05, 0) is 61.3 Å². The van der Waals surface area contributed by atoms with Crippen LogP contribution in [0.5, 0.6) is 0 Å². The molecule has 0 bridgehead atoms. The fourth-order valence-corrected chi connectivity index (χ4v) is 4.88. The number of amides is 1. The minimum absolute atomic E-state index is 0.0615. The second kappa shape index (κ2) is 10.1. The van der Waals surface area contributed by atoms with E-state index in [2.05, 4.69) is 14.9 Å². The molecule has 0 saturated carbocycles. The van der Waals surface area contributed by atoms with E-state index < -0.39 is 10.0 Å². The van der Waals surface area contributed by atoms with Crippen molar-refractivity contribution in [3.63, 3.8) is 0 Å². The average molecular weight is 450 g/mol. The quantitative estimate of drug-likeness (QED) is 0.545. The van der Waals surface area contributed by atoms with Gasteiger partial charge in [0, 0.05) is 24.3 Å². The van der Waals surface area contributed by atoms with E-state index in [1.165, 1.54) is 25.0 Å². The Morgan fingerprint density at radius 2 is 1.59 bits per heavy atom. The van der Waals surface area contributed by atoms with Crippen LogP contribution in [0.15, 0.2) is 83.8 Å². The van der Waals surface area contributed by atoms with Crippen molar-refractivity contribution >= 4 is 21.6 Å². The van der Waals surface area contributed by atoms with Crippen LogP contribution in [0.3, 0.4) is 0 Å². The van der Waals surface area contributed by atoms with Crippen molar-refractivity contribution in [2.75, 3.05) is 18.4 Å². The first kappa shape index (κ1) is 22.2. The monoisotopic (exact) mass is 449 g/mol. The number of rotatable bonds is 8. The molecule has 0 spiro atoms. The highest BCUT2D eigenvalue weighted by Crippen LogP contribution is 2.21. The molecule has 1 saturated heterocycles. The number of likely N-dealkylation sites (tertiary alicyclic amines) is 1. The van der Waals surface area contributed by atoms with Crippen LogP contribution in [0.1, 0.15) is 34.3 Å². The molecular weight excluding hydrogens is 422 g/mol. The van der Waals surface area contributed by atoms with Gasteiger partial charge in [0.25, 0.3) is 5.91 Å². The highest BCUT2D eigenvalue weighted by atomic mass is 32.2.